The molecule has 0 saturated heterocycles. The van der Waals surface area contributed by atoms with Crippen molar-refractivity contribution in [1.82, 2.24) is 10.2 Å². The first kappa shape index (κ1) is 10.8. The van der Waals surface area contributed by atoms with Crippen LogP contribution in [0.4, 0.5) is 4.39 Å². The Hall–Kier alpha value is -1.71. The normalized spacial score (nSPS) is 11.1. The van der Waals surface area contributed by atoms with E-state index in [1.807, 2.05) is 20.8 Å². The number of rotatable bonds is 2. The Kier molecular flexibility index (Phi) is 2.73. The molecule has 0 unspecified atom stereocenters. The second-order valence-corrected chi connectivity index (χ2v) is 4.06. The monoisotopic (exact) mass is 220 g/mol. The van der Waals surface area contributed by atoms with Crippen molar-refractivity contribution in [2.75, 3.05) is 0 Å². The molecule has 0 atom stereocenters. The molecule has 0 bridgehead atoms. The largest absolute Gasteiger partial charge is 0.420 e. The summed E-state index contributed by atoms with van der Waals surface area (Å²) in [6.45, 7) is 5.78. The van der Waals surface area contributed by atoms with Crippen LogP contribution in [0.5, 0.6) is 0 Å². The molecule has 0 spiro atoms. The molecule has 0 radical (unpaired) electrons. The molecular formula is C12H13FN2O. The predicted molar refractivity (Wildman–Crippen MR) is 58.5 cm³/mol. The molecule has 0 aliphatic rings. The first-order valence-corrected chi connectivity index (χ1v) is 5.18. The van der Waals surface area contributed by atoms with Crippen LogP contribution in [0.25, 0.3) is 11.5 Å². The SMILES string of the molecule is Cc1cc(F)ccc1-c1nnc(C(C)C)o1. The van der Waals surface area contributed by atoms with E-state index in [2.05, 4.69) is 10.2 Å². The summed E-state index contributed by atoms with van der Waals surface area (Å²) in [5.74, 6) is 0.978. The molecule has 4 heteroatoms. The van der Waals surface area contributed by atoms with E-state index in [0.29, 0.717) is 11.8 Å². The van der Waals surface area contributed by atoms with E-state index in [4.69, 9.17) is 4.42 Å². The number of hydrogen-bond donors (Lipinski definition) is 0. The zero-order chi connectivity index (χ0) is 11.7. The smallest absolute Gasteiger partial charge is 0.248 e. The second kappa shape index (κ2) is 4.04. The van der Waals surface area contributed by atoms with E-state index in [-0.39, 0.29) is 11.7 Å². The third kappa shape index (κ3) is 1.96. The lowest BCUT2D eigenvalue weighted by Gasteiger charge is -2.00. The van der Waals surface area contributed by atoms with Crippen molar-refractivity contribution in [2.24, 2.45) is 0 Å². The molecule has 2 rings (SSSR count). The van der Waals surface area contributed by atoms with Gasteiger partial charge >= 0.3 is 0 Å². The summed E-state index contributed by atoms with van der Waals surface area (Å²) < 4.78 is 18.4. The maximum atomic E-state index is 12.9. The third-order valence-corrected chi connectivity index (χ3v) is 2.35. The molecule has 1 aromatic heterocycles. The highest BCUT2D eigenvalue weighted by molar-refractivity contribution is 5.57. The van der Waals surface area contributed by atoms with Crippen molar-refractivity contribution in [2.45, 2.75) is 26.7 Å². The van der Waals surface area contributed by atoms with Crippen LogP contribution in [-0.2, 0) is 0 Å². The molecule has 1 heterocycles. The summed E-state index contributed by atoms with van der Waals surface area (Å²) >= 11 is 0. The first-order valence-electron chi connectivity index (χ1n) is 5.18. The van der Waals surface area contributed by atoms with Crippen LogP contribution in [-0.4, -0.2) is 10.2 Å². The van der Waals surface area contributed by atoms with E-state index >= 15 is 0 Å². The molecule has 0 aliphatic carbocycles. The lowest BCUT2D eigenvalue weighted by Crippen LogP contribution is -1.85. The van der Waals surface area contributed by atoms with Gasteiger partial charge in [-0.3, -0.25) is 0 Å². The molecular weight excluding hydrogens is 207 g/mol. The lowest BCUT2D eigenvalue weighted by atomic mass is 10.1. The Morgan fingerprint density at radius 1 is 1.25 bits per heavy atom. The molecule has 0 fully saturated rings. The molecule has 2 aromatic rings. The van der Waals surface area contributed by atoms with E-state index in [0.717, 1.165) is 11.1 Å². The summed E-state index contributed by atoms with van der Waals surface area (Å²) in [6.07, 6.45) is 0. The minimum absolute atomic E-state index is 0.196. The summed E-state index contributed by atoms with van der Waals surface area (Å²) in [4.78, 5) is 0. The van der Waals surface area contributed by atoms with Crippen LogP contribution in [0.15, 0.2) is 22.6 Å². The second-order valence-electron chi connectivity index (χ2n) is 4.06. The third-order valence-electron chi connectivity index (χ3n) is 2.35. The zero-order valence-electron chi connectivity index (χ0n) is 9.49. The van der Waals surface area contributed by atoms with Crippen molar-refractivity contribution in [1.29, 1.82) is 0 Å². The molecule has 84 valence electrons. The van der Waals surface area contributed by atoms with Gasteiger partial charge < -0.3 is 4.42 Å². The van der Waals surface area contributed by atoms with Gasteiger partial charge in [-0.25, -0.2) is 4.39 Å². The van der Waals surface area contributed by atoms with E-state index in [9.17, 15) is 4.39 Å². The van der Waals surface area contributed by atoms with Gasteiger partial charge in [0.15, 0.2) is 0 Å². The van der Waals surface area contributed by atoms with Crippen molar-refractivity contribution in [3.8, 4) is 11.5 Å². The Labute approximate surface area is 93.3 Å². The number of nitrogens with zero attached hydrogens (tertiary/aromatic N) is 2. The van der Waals surface area contributed by atoms with E-state index in [1.165, 1.54) is 12.1 Å². The van der Waals surface area contributed by atoms with Crippen molar-refractivity contribution < 1.29 is 8.81 Å². The Bertz CT molecular complexity index is 505. The van der Waals surface area contributed by atoms with Gasteiger partial charge in [-0.05, 0) is 30.7 Å². The average molecular weight is 220 g/mol. The van der Waals surface area contributed by atoms with Crippen LogP contribution < -0.4 is 0 Å². The van der Waals surface area contributed by atoms with Crippen molar-refractivity contribution in [3.05, 3.63) is 35.5 Å². The van der Waals surface area contributed by atoms with E-state index in [1.54, 1.807) is 6.07 Å². The van der Waals surface area contributed by atoms with Gasteiger partial charge in [0.25, 0.3) is 0 Å². The Balaban J connectivity index is 2.42. The fraction of sp³-hybridized carbons (Fsp3) is 0.333. The molecule has 16 heavy (non-hydrogen) atoms. The van der Waals surface area contributed by atoms with E-state index < -0.39 is 0 Å². The highest BCUT2D eigenvalue weighted by atomic mass is 19.1. The standard InChI is InChI=1S/C12H13FN2O/c1-7(2)11-14-15-12(16-11)10-5-4-9(13)6-8(10)3/h4-7H,1-3H3. The summed E-state index contributed by atoms with van der Waals surface area (Å²) in [5, 5.41) is 7.90. The van der Waals surface area contributed by atoms with Gasteiger partial charge in [-0.1, -0.05) is 13.8 Å². The van der Waals surface area contributed by atoms with Crippen LogP contribution >= 0.6 is 0 Å². The molecule has 3 nitrogen and oxygen atoms in total. The number of aromatic nitrogens is 2. The highest BCUT2D eigenvalue weighted by Gasteiger charge is 2.13. The topological polar surface area (TPSA) is 38.9 Å². The molecule has 0 aliphatic heterocycles. The van der Waals surface area contributed by atoms with Crippen LogP contribution in [0.2, 0.25) is 0 Å². The average Bonchev–Trinajstić information content (AvgIpc) is 2.66. The maximum absolute atomic E-state index is 12.9. The van der Waals surface area contributed by atoms with Gasteiger partial charge in [0, 0.05) is 11.5 Å². The number of hydrogen-bond acceptors (Lipinski definition) is 3. The summed E-state index contributed by atoms with van der Waals surface area (Å²) in [7, 11) is 0. The molecule has 0 saturated carbocycles. The zero-order valence-corrected chi connectivity index (χ0v) is 9.49. The summed E-state index contributed by atoms with van der Waals surface area (Å²) in [6, 6.07) is 4.50. The maximum Gasteiger partial charge on any atom is 0.248 e. The highest BCUT2D eigenvalue weighted by Crippen LogP contribution is 2.24. The summed E-state index contributed by atoms with van der Waals surface area (Å²) in [5.41, 5.74) is 1.57. The van der Waals surface area contributed by atoms with Gasteiger partial charge in [0.1, 0.15) is 5.82 Å². The fourth-order valence-corrected chi connectivity index (χ4v) is 1.44. The van der Waals surface area contributed by atoms with Crippen LogP contribution in [0.3, 0.4) is 0 Å². The van der Waals surface area contributed by atoms with Crippen LogP contribution in [0.1, 0.15) is 31.2 Å². The van der Waals surface area contributed by atoms with Gasteiger partial charge in [0.05, 0.1) is 0 Å². The number of benzene rings is 1. The van der Waals surface area contributed by atoms with Crippen molar-refractivity contribution in [3.63, 3.8) is 0 Å². The molecule has 0 amide bonds. The quantitative estimate of drug-likeness (QED) is 0.779. The predicted octanol–water partition coefficient (Wildman–Crippen LogP) is 3.31. The minimum Gasteiger partial charge on any atom is -0.420 e. The number of aryl methyl sites for hydroxylation is 1. The molecule has 0 N–H and O–H groups in total. The van der Waals surface area contributed by atoms with Crippen LogP contribution in [0, 0.1) is 12.7 Å². The Morgan fingerprint density at radius 3 is 2.56 bits per heavy atom. The Morgan fingerprint density at radius 2 is 2.00 bits per heavy atom. The van der Waals surface area contributed by atoms with Gasteiger partial charge in [0.2, 0.25) is 11.8 Å². The minimum atomic E-state index is -0.259. The molecule has 1 aromatic carbocycles. The first-order chi connectivity index (χ1) is 7.58. The lowest BCUT2D eigenvalue weighted by molar-refractivity contribution is 0.480. The number of halogens is 1. The van der Waals surface area contributed by atoms with Crippen molar-refractivity contribution >= 4 is 0 Å². The van der Waals surface area contributed by atoms with Gasteiger partial charge in [-0.15, -0.1) is 10.2 Å². The van der Waals surface area contributed by atoms with Gasteiger partial charge in [-0.2, -0.15) is 0 Å². The fourth-order valence-electron chi connectivity index (χ4n) is 1.44.